The van der Waals surface area contributed by atoms with Gasteiger partial charge in [0.2, 0.25) is 14.2 Å². The minimum absolute atomic E-state index is 0.0139. The zero-order valence-electron chi connectivity index (χ0n) is 21.5. The van der Waals surface area contributed by atoms with Gasteiger partial charge < -0.3 is 19.3 Å². The second-order valence-corrected chi connectivity index (χ2v) is 13.7. The van der Waals surface area contributed by atoms with E-state index in [0.717, 1.165) is 30.6 Å². The van der Waals surface area contributed by atoms with Crippen LogP contribution < -0.4 is 0 Å². The summed E-state index contributed by atoms with van der Waals surface area (Å²) in [4.78, 5) is 19.7. The first kappa shape index (κ1) is 27.0. The van der Waals surface area contributed by atoms with Crippen molar-refractivity contribution in [2.24, 2.45) is 5.92 Å². The lowest BCUT2D eigenvalue weighted by Crippen LogP contribution is -2.15. The van der Waals surface area contributed by atoms with E-state index in [0.29, 0.717) is 44.8 Å². The van der Waals surface area contributed by atoms with Crippen molar-refractivity contribution in [3.8, 4) is 5.75 Å². The molecule has 3 heterocycles. The van der Waals surface area contributed by atoms with Crippen molar-refractivity contribution in [3.05, 3.63) is 63.0 Å². The normalized spacial score (nSPS) is 17.8. The van der Waals surface area contributed by atoms with Crippen LogP contribution in [0.15, 0.2) is 44.8 Å². The molecule has 1 atom stereocenters. The summed E-state index contributed by atoms with van der Waals surface area (Å²) in [6.07, 6.45) is 10.8. The number of nitrogens with zero attached hydrogens (tertiary/aromatic N) is 3. The Hall–Kier alpha value is -2.63. The summed E-state index contributed by atoms with van der Waals surface area (Å²) < 4.78 is 35.0. The number of halogens is 1. The molecule has 1 aliphatic carbocycles. The molecule has 1 saturated carbocycles. The highest BCUT2D eigenvalue weighted by atomic mass is 79.9. The van der Waals surface area contributed by atoms with E-state index in [1.54, 1.807) is 25.3 Å². The van der Waals surface area contributed by atoms with E-state index < -0.39 is 21.6 Å². The summed E-state index contributed by atoms with van der Waals surface area (Å²) >= 11 is 4.58. The van der Waals surface area contributed by atoms with E-state index in [4.69, 9.17) is 4.74 Å². The minimum atomic E-state index is -3.84. The van der Waals surface area contributed by atoms with Crippen molar-refractivity contribution in [1.82, 2.24) is 14.5 Å². The first-order valence-corrected chi connectivity index (χ1v) is 15.9. The van der Waals surface area contributed by atoms with Crippen LogP contribution in [0.3, 0.4) is 0 Å². The van der Waals surface area contributed by atoms with Crippen LogP contribution in [-0.2, 0) is 26.9 Å². The molecular formula is C27H30BrN3O5S2. The Bertz CT molecular complexity index is 1570. The number of hydrogen-bond donors (Lipinski definition) is 1. The number of allylic oxidation sites excluding steroid dienone is 2. The first-order chi connectivity index (χ1) is 18.1. The van der Waals surface area contributed by atoms with Gasteiger partial charge in [-0.25, -0.2) is 18.2 Å². The molecule has 0 amide bonds. The number of phenols is 1. The lowest BCUT2D eigenvalue weighted by molar-refractivity contribution is 0.0527. The van der Waals surface area contributed by atoms with Gasteiger partial charge in [0.1, 0.15) is 5.75 Å². The minimum Gasteiger partial charge on any atom is -0.506 e. The van der Waals surface area contributed by atoms with E-state index in [-0.39, 0.29) is 28.3 Å². The number of phenolic OH excluding ortho intramolecular Hbond substituents is 1. The van der Waals surface area contributed by atoms with Gasteiger partial charge in [0, 0.05) is 40.0 Å². The number of benzene rings is 1. The van der Waals surface area contributed by atoms with Gasteiger partial charge in [-0.05, 0) is 67.2 Å². The Balaban J connectivity index is 1.76. The molecule has 2 aliphatic rings. The summed E-state index contributed by atoms with van der Waals surface area (Å²) in [5.41, 5.74) is 2.44. The molecular weight excluding hydrogens is 590 g/mol. The second kappa shape index (κ2) is 10.5. The summed E-state index contributed by atoms with van der Waals surface area (Å²) in [5, 5.41) is 13.5. The molecule has 0 saturated heterocycles. The molecule has 2 aromatic heterocycles. The van der Waals surface area contributed by atoms with Crippen LogP contribution in [0.2, 0.25) is 0 Å². The summed E-state index contributed by atoms with van der Waals surface area (Å²) in [6.45, 7) is 6.03. The molecule has 3 aromatic rings. The van der Waals surface area contributed by atoms with Crippen molar-refractivity contribution >= 4 is 54.0 Å². The predicted octanol–water partition coefficient (Wildman–Crippen LogP) is 6.23. The molecule has 8 nitrogen and oxygen atoms in total. The average Bonchev–Trinajstić information content (AvgIpc) is 3.56. The van der Waals surface area contributed by atoms with Gasteiger partial charge in [0.15, 0.2) is 0 Å². The highest BCUT2D eigenvalue weighted by Crippen LogP contribution is 2.47. The molecule has 0 radical (unpaired) electrons. The lowest BCUT2D eigenvalue weighted by atomic mass is 10.0. The third-order valence-corrected chi connectivity index (χ3v) is 10.4. The van der Waals surface area contributed by atoms with Crippen LogP contribution in [-0.4, -0.2) is 40.6 Å². The zero-order chi connectivity index (χ0) is 27.2. The Morgan fingerprint density at radius 1 is 1.32 bits per heavy atom. The van der Waals surface area contributed by atoms with E-state index >= 15 is 0 Å². The largest absolute Gasteiger partial charge is 0.506 e. The fourth-order valence-corrected chi connectivity index (χ4v) is 7.76. The maximum absolute atomic E-state index is 13.5. The van der Waals surface area contributed by atoms with Crippen molar-refractivity contribution in [1.29, 1.82) is 0 Å². The topological polar surface area (TPSA) is 102 Å². The molecule has 202 valence electrons. The van der Waals surface area contributed by atoms with E-state index in [1.807, 2.05) is 21.9 Å². The molecule has 11 heteroatoms. The van der Waals surface area contributed by atoms with Crippen molar-refractivity contribution in [3.63, 3.8) is 0 Å². The Morgan fingerprint density at radius 2 is 2.08 bits per heavy atom. The average molecular weight is 621 g/mol. The number of ether oxygens (including phenoxy) is 1. The maximum Gasteiger partial charge on any atom is 0.340 e. The van der Waals surface area contributed by atoms with Crippen LogP contribution >= 0.6 is 27.3 Å². The molecule has 1 N–H and O–H groups in total. The quantitative estimate of drug-likeness (QED) is 0.298. The Labute approximate surface area is 234 Å². The Morgan fingerprint density at radius 3 is 2.74 bits per heavy atom. The molecule has 0 bridgehead atoms. The van der Waals surface area contributed by atoms with Gasteiger partial charge in [-0.1, -0.05) is 19.1 Å². The third-order valence-electron chi connectivity index (χ3n) is 6.76. The smallest absolute Gasteiger partial charge is 0.340 e. The van der Waals surface area contributed by atoms with Crippen LogP contribution in [0.4, 0.5) is 0 Å². The number of rotatable bonds is 8. The second-order valence-electron chi connectivity index (χ2n) is 9.85. The number of carbonyl (C=O) groups excluding carboxylic acids is 1. The van der Waals surface area contributed by atoms with Crippen molar-refractivity contribution in [2.75, 3.05) is 6.61 Å². The van der Waals surface area contributed by atoms with Crippen LogP contribution in [0.1, 0.15) is 66.5 Å². The molecule has 0 spiro atoms. The summed E-state index contributed by atoms with van der Waals surface area (Å²) in [7, 11) is -3.84. The number of aromatic hydroxyl groups is 1. The van der Waals surface area contributed by atoms with Crippen molar-refractivity contribution in [2.45, 2.75) is 62.7 Å². The highest BCUT2D eigenvalue weighted by Gasteiger charge is 2.37. The fourth-order valence-electron chi connectivity index (χ4n) is 4.83. The van der Waals surface area contributed by atoms with Crippen LogP contribution in [0.5, 0.6) is 5.75 Å². The monoisotopic (exact) mass is 619 g/mol. The van der Waals surface area contributed by atoms with Crippen LogP contribution in [0, 0.1) is 12.8 Å². The number of aromatic nitrogens is 2. The number of hydrogen-bond acceptors (Lipinski definition) is 8. The number of thiazole rings is 1. The van der Waals surface area contributed by atoms with Crippen LogP contribution in [0.25, 0.3) is 10.9 Å². The lowest BCUT2D eigenvalue weighted by Gasteiger charge is -2.18. The maximum atomic E-state index is 13.5. The van der Waals surface area contributed by atoms with E-state index in [9.17, 15) is 18.3 Å². The van der Waals surface area contributed by atoms with E-state index in [1.165, 1.54) is 0 Å². The number of carbonyl (C=O) groups is 1. The van der Waals surface area contributed by atoms with Gasteiger partial charge in [-0.15, -0.1) is 11.3 Å². The fraction of sp³-hybridized carbons (Fsp3) is 0.407. The van der Waals surface area contributed by atoms with E-state index in [2.05, 4.69) is 40.0 Å². The van der Waals surface area contributed by atoms with Gasteiger partial charge in [0.25, 0.3) is 0 Å². The highest BCUT2D eigenvalue weighted by molar-refractivity contribution is 9.10. The number of sulfone groups is 1. The molecule has 1 unspecified atom stereocenters. The summed E-state index contributed by atoms with van der Waals surface area (Å²) in [5.74, 6) is -0.598. The molecule has 1 fully saturated rings. The SMILES string of the molecule is CCOC(=O)c1c(CS(=O)(=O)c2nc(C)cs2)n(C2CC2)c2cc(Br)c(O)c(CN3C=CCC(C)C=C3)c12. The van der Waals surface area contributed by atoms with Crippen molar-refractivity contribution < 1.29 is 23.1 Å². The standard InChI is InChI=1S/C27H30BrN3O5S2/c1-4-36-26(33)24-22(15-38(34,35)27-29-17(3)14-37-27)31(18-7-8-18)21-12-20(28)25(32)19(23(21)24)13-30-10-5-6-16(2)9-11-30/h5,9-12,14,16,18,32H,4,6-8,13,15H2,1-3H3. The molecule has 1 aliphatic heterocycles. The number of aryl methyl sites for hydroxylation is 1. The Kier molecular flexibility index (Phi) is 7.45. The summed E-state index contributed by atoms with van der Waals surface area (Å²) in [6, 6.07) is 1.83. The molecule has 5 rings (SSSR count). The van der Waals surface area contributed by atoms with Gasteiger partial charge in [-0.3, -0.25) is 0 Å². The van der Waals surface area contributed by atoms with Gasteiger partial charge in [-0.2, -0.15) is 0 Å². The molecule has 38 heavy (non-hydrogen) atoms. The van der Waals surface area contributed by atoms with Gasteiger partial charge in [0.05, 0.1) is 34.5 Å². The third kappa shape index (κ3) is 5.15. The van der Waals surface area contributed by atoms with Gasteiger partial charge >= 0.3 is 5.97 Å². The first-order valence-electron chi connectivity index (χ1n) is 12.6. The number of fused-ring (bicyclic) bond motifs is 1. The molecule has 1 aromatic carbocycles. The number of esters is 1. The zero-order valence-corrected chi connectivity index (χ0v) is 24.7. The predicted molar refractivity (Wildman–Crippen MR) is 151 cm³/mol.